The second kappa shape index (κ2) is 6.42. The topological polar surface area (TPSA) is 69.7 Å². The molecule has 0 unspecified atom stereocenters. The Morgan fingerprint density at radius 1 is 0.957 bits per heavy atom. The van der Waals surface area contributed by atoms with Crippen LogP contribution in [-0.4, -0.2) is 24.8 Å². The summed E-state index contributed by atoms with van der Waals surface area (Å²) in [5.74, 6) is 0.364. The molecule has 4 bridgehead atoms. The van der Waals surface area contributed by atoms with Gasteiger partial charge in [-0.1, -0.05) is 39.5 Å². The molecule has 1 heterocycles. The van der Waals surface area contributed by atoms with Gasteiger partial charge in [0.1, 0.15) is 13.2 Å². The molecule has 0 aromatic heterocycles. The van der Waals surface area contributed by atoms with Crippen LogP contribution in [0.4, 0.5) is 0 Å². The van der Waals surface area contributed by atoms with Gasteiger partial charge < -0.3 is 9.05 Å². The monoisotopic (exact) mass is 342 g/mol. The van der Waals surface area contributed by atoms with Crippen LogP contribution >= 0.6 is 8.25 Å². The van der Waals surface area contributed by atoms with Gasteiger partial charge in [-0.25, -0.2) is 0 Å². The lowest BCUT2D eigenvalue weighted by Crippen LogP contribution is -2.80. The molecule has 0 amide bonds. The fraction of sp³-hybridized carbons (Fsp3) is 0.882. The molecule has 1 aliphatic heterocycles. The Balaban J connectivity index is 1.90. The number of Topliss-reactive ketones (excluding diaryl/α,β-unsaturated/α-hetero) is 2. The lowest BCUT2D eigenvalue weighted by atomic mass is 9.23. The molecule has 6 heteroatoms. The molecule has 0 N–H and O–H groups in total. The number of rotatable bonds is 6. The van der Waals surface area contributed by atoms with Crippen molar-refractivity contribution in [3.63, 3.8) is 0 Å². The Morgan fingerprint density at radius 2 is 1.39 bits per heavy atom. The van der Waals surface area contributed by atoms with Crippen LogP contribution in [0.1, 0.15) is 58.8 Å². The Hall–Kier alpha value is -0.510. The molecule has 0 aromatic carbocycles. The molecule has 0 spiro atoms. The van der Waals surface area contributed by atoms with Crippen molar-refractivity contribution in [1.82, 2.24) is 0 Å². The van der Waals surface area contributed by atoms with Gasteiger partial charge in [0.2, 0.25) is 0 Å². The van der Waals surface area contributed by atoms with E-state index < -0.39 is 8.25 Å². The van der Waals surface area contributed by atoms with Crippen molar-refractivity contribution < 1.29 is 23.2 Å². The normalized spacial score (nSPS) is 42.8. The van der Waals surface area contributed by atoms with Crippen LogP contribution < -0.4 is 0 Å². The highest BCUT2D eigenvalue weighted by Gasteiger charge is 2.82. The third-order valence-corrected chi connectivity index (χ3v) is 7.29. The van der Waals surface area contributed by atoms with Gasteiger partial charge in [-0.3, -0.25) is 14.2 Å². The standard InChI is InChI=1S/C17H27O5P/c1-3-5-7-16-12-9-13(16)17(12,8-6-4-2)15(19)11-22-23(20)21-10-14(16)18/h12-13,23H,3-11H2,1-2H3. The predicted molar refractivity (Wildman–Crippen MR) is 86.4 cm³/mol. The summed E-state index contributed by atoms with van der Waals surface area (Å²) in [6.07, 6.45) is 6.69. The first-order valence-electron chi connectivity index (χ1n) is 8.90. The Labute approximate surface area is 138 Å². The number of carbonyl (C=O) groups excluding carboxylic acids is 2. The zero-order chi connectivity index (χ0) is 16.7. The highest BCUT2D eigenvalue weighted by molar-refractivity contribution is 7.33. The Kier molecular flexibility index (Phi) is 4.83. The van der Waals surface area contributed by atoms with Gasteiger partial charge in [-0.2, -0.15) is 0 Å². The molecular formula is C17H27O5P. The zero-order valence-electron chi connectivity index (χ0n) is 14.1. The van der Waals surface area contributed by atoms with E-state index in [0.717, 1.165) is 44.9 Å². The van der Waals surface area contributed by atoms with Crippen LogP contribution in [0.15, 0.2) is 0 Å². The molecule has 3 aliphatic carbocycles. The van der Waals surface area contributed by atoms with E-state index in [-0.39, 0.29) is 47.4 Å². The minimum atomic E-state index is -2.75. The molecule has 5 nitrogen and oxygen atoms in total. The van der Waals surface area contributed by atoms with Gasteiger partial charge in [0, 0.05) is 10.8 Å². The Morgan fingerprint density at radius 3 is 1.74 bits per heavy atom. The van der Waals surface area contributed by atoms with Crippen LogP contribution in [0.2, 0.25) is 0 Å². The lowest BCUT2D eigenvalue weighted by molar-refractivity contribution is -0.293. The van der Waals surface area contributed by atoms with Gasteiger partial charge >= 0.3 is 8.25 Å². The summed E-state index contributed by atoms with van der Waals surface area (Å²) in [7, 11) is -2.75. The highest BCUT2D eigenvalue weighted by Crippen LogP contribution is 2.81. The quantitative estimate of drug-likeness (QED) is 0.690. The molecule has 0 aromatic rings. The van der Waals surface area contributed by atoms with E-state index in [1.165, 1.54) is 0 Å². The predicted octanol–water partition coefficient (Wildman–Crippen LogP) is 3.56. The summed E-state index contributed by atoms with van der Waals surface area (Å²) in [5.41, 5.74) is -0.780. The van der Waals surface area contributed by atoms with Crippen molar-refractivity contribution in [2.24, 2.45) is 22.7 Å². The summed E-state index contributed by atoms with van der Waals surface area (Å²) in [4.78, 5) is 25.6. The van der Waals surface area contributed by atoms with E-state index in [9.17, 15) is 14.2 Å². The molecule has 4 rings (SSSR count). The van der Waals surface area contributed by atoms with E-state index in [1.54, 1.807) is 0 Å². The van der Waals surface area contributed by atoms with Crippen LogP contribution in [0.3, 0.4) is 0 Å². The highest BCUT2D eigenvalue weighted by atomic mass is 31.1. The largest absolute Gasteiger partial charge is 0.319 e. The van der Waals surface area contributed by atoms with Crippen molar-refractivity contribution in [1.29, 1.82) is 0 Å². The van der Waals surface area contributed by atoms with Crippen molar-refractivity contribution in [2.45, 2.75) is 58.8 Å². The maximum atomic E-state index is 12.8. The van der Waals surface area contributed by atoms with E-state index in [2.05, 4.69) is 13.8 Å². The molecule has 3 saturated carbocycles. The molecule has 4 fully saturated rings. The van der Waals surface area contributed by atoms with Crippen LogP contribution in [0.5, 0.6) is 0 Å². The first-order valence-corrected chi connectivity index (χ1v) is 10.1. The average Bonchev–Trinajstić information content (AvgIpc) is 2.49. The average molecular weight is 342 g/mol. The van der Waals surface area contributed by atoms with Crippen LogP contribution in [0, 0.1) is 22.7 Å². The Bertz CT molecular complexity index is 477. The van der Waals surface area contributed by atoms with Gasteiger partial charge in [-0.15, -0.1) is 0 Å². The van der Waals surface area contributed by atoms with Crippen LogP contribution in [-0.2, 0) is 23.2 Å². The van der Waals surface area contributed by atoms with Crippen molar-refractivity contribution in [3.05, 3.63) is 0 Å². The molecule has 0 radical (unpaired) electrons. The molecule has 23 heavy (non-hydrogen) atoms. The number of ketones is 2. The van der Waals surface area contributed by atoms with Gasteiger partial charge in [-0.05, 0) is 31.1 Å². The second-order valence-corrected chi connectivity index (χ2v) is 8.38. The first-order chi connectivity index (χ1) is 11.0. The summed E-state index contributed by atoms with van der Waals surface area (Å²) >= 11 is 0. The minimum absolute atomic E-state index is 0.0379. The lowest BCUT2D eigenvalue weighted by Gasteiger charge is -2.78. The SMILES string of the molecule is CCCCC12C(=O)CO[PH](=O)OCC(=O)C3(CCCC)C1CC23. The van der Waals surface area contributed by atoms with E-state index in [4.69, 9.17) is 9.05 Å². The van der Waals surface area contributed by atoms with Gasteiger partial charge in [0.15, 0.2) is 11.6 Å². The smallest absolute Gasteiger partial charge is 0.303 e. The second-order valence-electron chi connectivity index (χ2n) is 7.30. The third-order valence-electron chi connectivity index (χ3n) is 6.53. The number of hydrogen-bond donors (Lipinski definition) is 0. The maximum absolute atomic E-state index is 12.8. The van der Waals surface area contributed by atoms with E-state index in [0.29, 0.717) is 0 Å². The summed E-state index contributed by atoms with van der Waals surface area (Å²) in [6, 6.07) is 0. The number of unbranched alkanes of at least 4 members (excludes halogenated alkanes) is 2. The molecule has 130 valence electrons. The van der Waals surface area contributed by atoms with Crippen molar-refractivity contribution in [3.8, 4) is 0 Å². The number of carbonyl (C=O) groups is 2. The summed E-state index contributed by atoms with van der Waals surface area (Å²) < 4.78 is 21.8. The molecule has 4 aliphatic rings. The summed E-state index contributed by atoms with van der Waals surface area (Å²) in [6.45, 7) is 3.97. The number of hydrogen-bond acceptors (Lipinski definition) is 5. The molecule has 1 saturated heterocycles. The third kappa shape index (κ3) is 2.31. The summed E-state index contributed by atoms with van der Waals surface area (Å²) in [5, 5.41) is 0. The molecular weight excluding hydrogens is 315 g/mol. The van der Waals surface area contributed by atoms with Crippen LogP contribution in [0.25, 0.3) is 0 Å². The fourth-order valence-corrected chi connectivity index (χ4v) is 5.90. The van der Waals surface area contributed by atoms with E-state index in [1.807, 2.05) is 0 Å². The fourth-order valence-electron chi connectivity index (χ4n) is 5.32. The van der Waals surface area contributed by atoms with Crippen molar-refractivity contribution in [2.75, 3.05) is 13.2 Å². The van der Waals surface area contributed by atoms with Crippen molar-refractivity contribution >= 4 is 19.8 Å². The van der Waals surface area contributed by atoms with E-state index >= 15 is 0 Å². The zero-order valence-corrected chi connectivity index (χ0v) is 15.1. The molecule has 0 atom stereocenters. The van der Waals surface area contributed by atoms with Gasteiger partial charge in [0.25, 0.3) is 0 Å². The maximum Gasteiger partial charge on any atom is 0.319 e. The first kappa shape index (κ1) is 17.3. The minimum Gasteiger partial charge on any atom is -0.303 e. The van der Waals surface area contributed by atoms with Gasteiger partial charge in [0.05, 0.1) is 0 Å².